The SMILES string of the molecule is CC(=O)c1cc(N=C=O)ccc1C(Cl)(Cl)Cl. The molecule has 0 N–H and O–H groups in total. The van der Waals surface area contributed by atoms with Crippen molar-refractivity contribution in [2.75, 3.05) is 0 Å². The van der Waals surface area contributed by atoms with E-state index in [-0.39, 0.29) is 16.9 Å². The molecule has 1 aromatic rings. The van der Waals surface area contributed by atoms with E-state index in [1.54, 1.807) is 0 Å². The lowest BCUT2D eigenvalue weighted by Crippen LogP contribution is -2.08. The van der Waals surface area contributed by atoms with Gasteiger partial charge in [-0.3, -0.25) is 4.79 Å². The maximum absolute atomic E-state index is 11.4. The van der Waals surface area contributed by atoms with E-state index in [2.05, 4.69) is 4.99 Å². The molecule has 0 bridgehead atoms. The van der Waals surface area contributed by atoms with E-state index in [9.17, 15) is 9.59 Å². The van der Waals surface area contributed by atoms with E-state index in [1.165, 1.54) is 31.2 Å². The van der Waals surface area contributed by atoms with Gasteiger partial charge in [-0.05, 0) is 19.1 Å². The Labute approximate surface area is 107 Å². The van der Waals surface area contributed by atoms with Crippen LogP contribution in [0.4, 0.5) is 5.69 Å². The number of rotatable bonds is 2. The summed E-state index contributed by atoms with van der Waals surface area (Å²) in [4.78, 5) is 24.8. The molecule has 0 atom stereocenters. The van der Waals surface area contributed by atoms with Crippen molar-refractivity contribution in [2.45, 2.75) is 10.7 Å². The van der Waals surface area contributed by atoms with E-state index >= 15 is 0 Å². The van der Waals surface area contributed by atoms with Crippen LogP contribution in [0, 0.1) is 0 Å². The number of aliphatic imine (C=N–C) groups is 1. The zero-order chi connectivity index (χ0) is 12.3. The molecule has 0 aromatic heterocycles. The number of carbonyl (C=O) groups is 1. The van der Waals surface area contributed by atoms with Crippen molar-refractivity contribution in [3.63, 3.8) is 0 Å². The Bertz CT molecular complexity index is 473. The number of alkyl halides is 3. The van der Waals surface area contributed by atoms with E-state index in [0.717, 1.165) is 0 Å². The standard InChI is InChI=1S/C10H6Cl3NO2/c1-6(16)8-4-7(14-5-15)2-3-9(8)10(11,12)13/h2-4H,1H3. The minimum absolute atomic E-state index is 0.219. The summed E-state index contributed by atoms with van der Waals surface area (Å²) >= 11 is 17.1. The third-order valence-electron chi connectivity index (χ3n) is 1.86. The van der Waals surface area contributed by atoms with Gasteiger partial charge in [0.15, 0.2) is 5.78 Å². The smallest absolute Gasteiger partial charge is 0.240 e. The molecule has 0 heterocycles. The number of halogens is 3. The van der Waals surface area contributed by atoms with Crippen LogP contribution >= 0.6 is 34.8 Å². The fourth-order valence-electron chi connectivity index (χ4n) is 1.19. The van der Waals surface area contributed by atoms with Crippen LogP contribution in [0.1, 0.15) is 22.8 Å². The first-order valence-electron chi connectivity index (χ1n) is 4.16. The summed E-state index contributed by atoms with van der Waals surface area (Å²) in [5, 5.41) is 0. The van der Waals surface area contributed by atoms with Crippen LogP contribution < -0.4 is 0 Å². The number of hydrogen-bond donors (Lipinski definition) is 0. The van der Waals surface area contributed by atoms with E-state index < -0.39 is 3.79 Å². The molecule has 0 spiro atoms. The van der Waals surface area contributed by atoms with Crippen molar-refractivity contribution >= 4 is 52.4 Å². The van der Waals surface area contributed by atoms with Gasteiger partial charge in [-0.1, -0.05) is 40.9 Å². The number of Topliss-reactive ketones (excluding diaryl/α,β-unsaturated/α-hetero) is 1. The number of benzene rings is 1. The molecule has 1 aromatic carbocycles. The van der Waals surface area contributed by atoms with Crippen LogP contribution in [0.3, 0.4) is 0 Å². The van der Waals surface area contributed by atoms with Crippen LogP contribution in [0.15, 0.2) is 23.2 Å². The largest absolute Gasteiger partial charge is 0.294 e. The van der Waals surface area contributed by atoms with Crippen molar-refractivity contribution < 1.29 is 9.59 Å². The maximum atomic E-state index is 11.4. The lowest BCUT2D eigenvalue weighted by molar-refractivity contribution is 0.101. The summed E-state index contributed by atoms with van der Waals surface area (Å²) in [6.45, 7) is 1.34. The van der Waals surface area contributed by atoms with E-state index in [0.29, 0.717) is 5.69 Å². The van der Waals surface area contributed by atoms with Crippen molar-refractivity contribution in [2.24, 2.45) is 4.99 Å². The second kappa shape index (κ2) is 4.98. The van der Waals surface area contributed by atoms with Crippen molar-refractivity contribution in [1.29, 1.82) is 0 Å². The molecule has 0 aliphatic carbocycles. The Morgan fingerprint density at radius 2 is 2.00 bits per heavy atom. The molecule has 0 saturated carbocycles. The van der Waals surface area contributed by atoms with Crippen molar-refractivity contribution in [3.8, 4) is 0 Å². The van der Waals surface area contributed by atoms with E-state index in [1.807, 2.05) is 0 Å². The average Bonchev–Trinajstić information content (AvgIpc) is 2.16. The number of hydrogen-bond acceptors (Lipinski definition) is 3. The number of ketones is 1. The fraction of sp³-hybridized carbons (Fsp3) is 0.200. The molecule has 0 aliphatic rings. The maximum Gasteiger partial charge on any atom is 0.240 e. The van der Waals surface area contributed by atoms with Gasteiger partial charge in [0.2, 0.25) is 9.87 Å². The molecule has 0 fully saturated rings. The van der Waals surface area contributed by atoms with Crippen LogP contribution in [0.2, 0.25) is 0 Å². The van der Waals surface area contributed by atoms with Gasteiger partial charge in [-0.15, -0.1) is 0 Å². The van der Waals surface area contributed by atoms with Gasteiger partial charge < -0.3 is 0 Å². The first-order chi connectivity index (χ1) is 7.36. The second-order valence-electron chi connectivity index (χ2n) is 2.99. The number of carbonyl (C=O) groups excluding carboxylic acids is 2. The minimum Gasteiger partial charge on any atom is -0.294 e. The topological polar surface area (TPSA) is 46.5 Å². The van der Waals surface area contributed by atoms with Crippen molar-refractivity contribution in [1.82, 2.24) is 0 Å². The van der Waals surface area contributed by atoms with Crippen LogP contribution in [0.5, 0.6) is 0 Å². The van der Waals surface area contributed by atoms with Gasteiger partial charge in [-0.2, -0.15) is 4.99 Å². The Morgan fingerprint density at radius 3 is 2.44 bits per heavy atom. The Kier molecular flexibility index (Phi) is 4.11. The predicted octanol–water partition coefficient (Wildman–Crippen LogP) is 3.68. The highest BCUT2D eigenvalue weighted by Gasteiger charge is 2.27. The summed E-state index contributed by atoms with van der Waals surface area (Å²) in [5.74, 6) is -0.274. The summed E-state index contributed by atoms with van der Waals surface area (Å²) < 4.78 is -1.69. The first-order valence-corrected chi connectivity index (χ1v) is 5.29. The van der Waals surface area contributed by atoms with E-state index in [4.69, 9.17) is 34.8 Å². The molecule has 0 unspecified atom stereocenters. The summed E-state index contributed by atoms with van der Waals surface area (Å²) in [6, 6.07) is 4.29. The van der Waals surface area contributed by atoms with Crippen molar-refractivity contribution in [3.05, 3.63) is 29.3 Å². The molecule has 6 heteroatoms. The van der Waals surface area contributed by atoms with Gasteiger partial charge in [-0.25, -0.2) is 4.79 Å². The number of nitrogens with zero attached hydrogens (tertiary/aromatic N) is 1. The molecule has 1 rings (SSSR count). The number of isocyanates is 1. The lowest BCUT2D eigenvalue weighted by Gasteiger charge is -2.14. The quantitative estimate of drug-likeness (QED) is 0.358. The first kappa shape index (κ1) is 13.2. The Hall–Kier alpha value is -0.860. The zero-order valence-corrected chi connectivity index (χ0v) is 10.4. The molecule has 0 radical (unpaired) electrons. The molecule has 16 heavy (non-hydrogen) atoms. The normalized spacial score (nSPS) is 10.8. The van der Waals surface area contributed by atoms with Gasteiger partial charge in [0.05, 0.1) is 5.69 Å². The van der Waals surface area contributed by atoms with Gasteiger partial charge >= 0.3 is 0 Å². The molecule has 0 amide bonds. The molecule has 3 nitrogen and oxygen atoms in total. The monoisotopic (exact) mass is 277 g/mol. The fourth-order valence-corrected chi connectivity index (χ4v) is 1.69. The summed E-state index contributed by atoms with van der Waals surface area (Å²) in [6.07, 6.45) is 1.37. The molecule has 0 saturated heterocycles. The molecule has 0 aliphatic heterocycles. The van der Waals surface area contributed by atoms with Crippen LogP contribution in [0.25, 0.3) is 0 Å². The third-order valence-corrected chi connectivity index (χ3v) is 2.47. The van der Waals surface area contributed by atoms with Gasteiger partial charge in [0.1, 0.15) is 0 Å². The summed E-state index contributed by atoms with van der Waals surface area (Å²) in [5.41, 5.74) is 0.768. The Balaban J connectivity index is 3.42. The minimum atomic E-state index is -1.69. The second-order valence-corrected chi connectivity index (χ2v) is 5.27. The average molecular weight is 279 g/mol. The Morgan fingerprint density at radius 1 is 1.38 bits per heavy atom. The van der Waals surface area contributed by atoms with Crippen LogP contribution in [-0.4, -0.2) is 11.9 Å². The van der Waals surface area contributed by atoms with Gasteiger partial charge in [0.25, 0.3) is 0 Å². The third kappa shape index (κ3) is 3.06. The predicted molar refractivity (Wildman–Crippen MR) is 63.5 cm³/mol. The molecular formula is C10H6Cl3NO2. The van der Waals surface area contributed by atoms with Crippen LogP contribution in [-0.2, 0) is 8.59 Å². The molecular weight excluding hydrogens is 272 g/mol. The highest BCUT2D eigenvalue weighted by molar-refractivity contribution is 6.67. The zero-order valence-electron chi connectivity index (χ0n) is 8.13. The lowest BCUT2D eigenvalue weighted by atomic mass is 10.0. The highest BCUT2D eigenvalue weighted by Crippen LogP contribution is 2.41. The summed E-state index contributed by atoms with van der Waals surface area (Å²) in [7, 11) is 0. The molecule has 84 valence electrons. The van der Waals surface area contributed by atoms with Gasteiger partial charge in [0, 0.05) is 11.1 Å². The highest BCUT2D eigenvalue weighted by atomic mass is 35.6.